The number of imidazole rings is 1. The lowest BCUT2D eigenvalue weighted by molar-refractivity contribution is 0.713. The lowest BCUT2D eigenvalue weighted by Crippen LogP contribution is -2.05. The van der Waals surface area contributed by atoms with Crippen molar-refractivity contribution >= 4 is 17.6 Å². The maximum absolute atomic E-state index is 6.07. The molecular weight excluding hydrogens is 206 g/mol. The molecule has 0 aliphatic rings. The molecule has 0 aliphatic heterocycles. The molecule has 1 rings (SSSR count). The van der Waals surface area contributed by atoms with Crippen LogP contribution < -0.4 is 5.73 Å². The van der Waals surface area contributed by atoms with Crippen molar-refractivity contribution in [3.05, 3.63) is 11.5 Å². The highest BCUT2D eigenvalue weighted by atomic mass is 32.2. The van der Waals surface area contributed by atoms with Gasteiger partial charge in [-0.2, -0.15) is 11.8 Å². The standard InChI is InChI=1S/C11H21N3S/c1-4-10-13-9(7-6-8-15-3)11(12)14(10)5-2/h4-8,12H2,1-3H3. The molecule has 15 heavy (non-hydrogen) atoms. The third kappa shape index (κ3) is 2.91. The van der Waals surface area contributed by atoms with Crippen LogP contribution >= 0.6 is 11.8 Å². The molecule has 0 amide bonds. The molecule has 3 nitrogen and oxygen atoms in total. The molecule has 0 spiro atoms. The van der Waals surface area contributed by atoms with Gasteiger partial charge in [0, 0.05) is 13.0 Å². The molecule has 0 atom stereocenters. The number of thioether (sulfide) groups is 1. The molecule has 86 valence electrons. The van der Waals surface area contributed by atoms with Crippen LogP contribution in [0.25, 0.3) is 0 Å². The number of aromatic nitrogens is 2. The predicted octanol–water partition coefficient (Wildman–Crippen LogP) is 2.34. The highest BCUT2D eigenvalue weighted by Gasteiger charge is 2.11. The van der Waals surface area contributed by atoms with Crippen molar-refractivity contribution in [2.75, 3.05) is 17.7 Å². The van der Waals surface area contributed by atoms with E-state index >= 15 is 0 Å². The molecule has 0 radical (unpaired) electrons. The van der Waals surface area contributed by atoms with Crippen LogP contribution in [0, 0.1) is 0 Å². The first-order chi connectivity index (χ1) is 7.24. The van der Waals surface area contributed by atoms with E-state index in [0.29, 0.717) is 0 Å². The summed E-state index contributed by atoms with van der Waals surface area (Å²) in [4.78, 5) is 4.60. The maximum Gasteiger partial charge on any atom is 0.126 e. The summed E-state index contributed by atoms with van der Waals surface area (Å²) in [5, 5.41) is 0. The number of rotatable bonds is 6. The lowest BCUT2D eigenvalue weighted by Gasteiger charge is -2.04. The van der Waals surface area contributed by atoms with Gasteiger partial charge in [-0.25, -0.2) is 4.98 Å². The highest BCUT2D eigenvalue weighted by molar-refractivity contribution is 7.98. The number of hydrogen-bond donors (Lipinski definition) is 1. The summed E-state index contributed by atoms with van der Waals surface area (Å²) >= 11 is 1.87. The smallest absolute Gasteiger partial charge is 0.126 e. The second-order valence-electron chi connectivity index (χ2n) is 3.55. The third-order valence-corrected chi connectivity index (χ3v) is 3.25. The number of nitrogen functional groups attached to an aromatic ring is 1. The molecular formula is C11H21N3S. The number of hydrogen-bond acceptors (Lipinski definition) is 3. The fourth-order valence-electron chi connectivity index (χ4n) is 1.76. The topological polar surface area (TPSA) is 43.8 Å². The molecule has 0 bridgehead atoms. The predicted molar refractivity (Wildman–Crippen MR) is 68.4 cm³/mol. The normalized spacial score (nSPS) is 10.9. The largest absolute Gasteiger partial charge is 0.384 e. The highest BCUT2D eigenvalue weighted by Crippen LogP contribution is 2.17. The van der Waals surface area contributed by atoms with Gasteiger partial charge in [-0.15, -0.1) is 0 Å². The molecule has 2 N–H and O–H groups in total. The van der Waals surface area contributed by atoms with E-state index in [1.54, 1.807) is 0 Å². The Hall–Kier alpha value is -0.640. The quantitative estimate of drug-likeness (QED) is 0.759. The van der Waals surface area contributed by atoms with E-state index in [1.165, 1.54) is 5.75 Å². The molecule has 4 heteroatoms. The summed E-state index contributed by atoms with van der Waals surface area (Å²) < 4.78 is 2.12. The van der Waals surface area contributed by atoms with Gasteiger partial charge < -0.3 is 10.3 Å². The van der Waals surface area contributed by atoms with Crippen LogP contribution in [0.3, 0.4) is 0 Å². The number of aryl methyl sites for hydroxylation is 2. The Kier molecular flexibility index (Phi) is 5.02. The van der Waals surface area contributed by atoms with E-state index in [9.17, 15) is 0 Å². The monoisotopic (exact) mass is 227 g/mol. The van der Waals surface area contributed by atoms with Gasteiger partial charge in [0.25, 0.3) is 0 Å². The number of anilines is 1. The van der Waals surface area contributed by atoms with Gasteiger partial charge in [-0.3, -0.25) is 0 Å². The fourth-order valence-corrected chi connectivity index (χ4v) is 2.19. The Balaban J connectivity index is 2.75. The Bertz CT molecular complexity index is 307. The van der Waals surface area contributed by atoms with Crippen LogP contribution in [0.5, 0.6) is 0 Å². The van der Waals surface area contributed by atoms with Crippen LogP contribution in [-0.2, 0) is 19.4 Å². The maximum atomic E-state index is 6.07. The molecule has 1 aromatic heterocycles. The van der Waals surface area contributed by atoms with E-state index < -0.39 is 0 Å². The molecule has 1 aromatic rings. The Morgan fingerprint density at radius 3 is 2.60 bits per heavy atom. The summed E-state index contributed by atoms with van der Waals surface area (Å²) in [6, 6.07) is 0. The molecule has 0 saturated carbocycles. The van der Waals surface area contributed by atoms with Gasteiger partial charge in [0.1, 0.15) is 11.6 Å². The average molecular weight is 227 g/mol. The van der Waals surface area contributed by atoms with Crippen molar-refractivity contribution < 1.29 is 0 Å². The van der Waals surface area contributed by atoms with Gasteiger partial charge in [0.2, 0.25) is 0 Å². The minimum atomic E-state index is 0.871. The zero-order valence-corrected chi connectivity index (χ0v) is 10.7. The second kappa shape index (κ2) is 6.05. The lowest BCUT2D eigenvalue weighted by atomic mass is 10.2. The van der Waals surface area contributed by atoms with Crippen LogP contribution in [0.2, 0.25) is 0 Å². The van der Waals surface area contributed by atoms with Crippen molar-refractivity contribution in [3.63, 3.8) is 0 Å². The van der Waals surface area contributed by atoms with Gasteiger partial charge >= 0.3 is 0 Å². The zero-order chi connectivity index (χ0) is 11.3. The van der Waals surface area contributed by atoms with Gasteiger partial charge in [-0.1, -0.05) is 6.92 Å². The summed E-state index contributed by atoms with van der Waals surface area (Å²) in [6.45, 7) is 5.16. The van der Waals surface area contributed by atoms with Crippen molar-refractivity contribution in [2.45, 2.75) is 39.7 Å². The van der Waals surface area contributed by atoms with Crippen LogP contribution in [0.4, 0.5) is 5.82 Å². The van der Waals surface area contributed by atoms with Crippen LogP contribution in [-0.4, -0.2) is 21.6 Å². The first-order valence-corrected chi connectivity index (χ1v) is 6.96. The second-order valence-corrected chi connectivity index (χ2v) is 4.54. The van der Waals surface area contributed by atoms with E-state index in [-0.39, 0.29) is 0 Å². The van der Waals surface area contributed by atoms with Crippen LogP contribution in [0.15, 0.2) is 0 Å². The zero-order valence-electron chi connectivity index (χ0n) is 9.92. The van der Waals surface area contributed by atoms with Crippen LogP contribution in [0.1, 0.15) is 31.8 Å². The Morgan fingerprint density at radius 2 is 2.13 bits per heavy atom. The molecule has 0 fully saturated rings. The van der Waals surface area contributed by atoms with E-state index in [1.807, 2.05) is 11.8 Å². The summed E-state index contributed by atoms with van der Waals surface area (Å²) in [6.07, 6.45) is 5.26. The third-order valence-electron chi connectivity index (χ3n) is 2.56. The molecule has 0 aliphatic carbocycles. The van der Waals surface area contributed by atoms with Crippen molar-refractivity contribution in [1.29, 1.82) is 0 Å². The van der Waals surface area contributed by atoms with Crippen molar-refractivity contribution in [2.24, 2.45) is 0 Å². The Labute approximate surface area is 96.5 Å². The fraction of sp³-hybridized carbons (Fsp3) is 0.727. The Morgan fingerprint density at radius 1 is 1.40 bits per heavy atom. The average Bonchev–Trinajstić information content (AvgIpc) is 2.55. The molecule has 1 heterocycles. The van der Waals surface area contributed by atoms with Gasteiger partial charge in [0.15, 0.2) is 0 Å². The van der Waals surface area contributed by atoms with E-state index in [4.69, 9.17) is 5.73 Å². The minimum Gasteiger partial charge on any atom is -0.384 e. The minimum absolute atomic E-state index is 0.871. The van der Waals surface area contributed by atoms with Crippen molar-refractivity contribution in [3.8, 4) is 0 Å². The first-order valence-electron chi connectivity index (χ1n) is 5.57. The van der Waals surface area contributed by atoms with Crippen molar-refractivity contribution in [1.82, 2.24) is 9.55 Å². The van der Waals surface area contributed by atoms with E-state index in [2.05, 4.69) is 29.7 Å². The number of nitrogens with two attached hydrogens (primary N) is 1. The summed E-state index contributed by atoms with van der Waals surface area (Å²) in [7, 11) is 0. The molecule has 0 aromatic carbocycles. The van der Waals surface area contributed by atoms with Gasteiger partial charge in [0.05, 0.1) is 5.69 Å². The first kappa shape index (κ1) is 12.4. The SMILES string of the molecule is CCc1nc(CCCSC)c(N)n1CC. The summed E-state index contributed by atoms with van der Waals surface area (Å²) in [5.41, 5.74) is 7.15. The molecule has 0 unspecified atom stereocenters. The summed E-state index contributed by atoms with van der Waals surface area (Å²) in [5.74, 6) is 3.17. The van der Waals surface area contributed by atoms with E-state index in [0.717, 1.165) is 43.1 Å². The van der Waals surface area contributed by atoms with Gasteiger partial charge in [-0.05, 0) is 31.8 Å². The molecule has 0 saturated heterocycles. The number of nitrogens with zero attached hydrogens (tertiary/aromatic N) is 2.